The maximum atomic E-state index is 12.3. The van der Waals surface area contributed by atoms with E-state index < -0.39 is 0 Å². The van der Waals surface area contributed by atoms with Crippen LogP contribution in [0, 0.1) is 5.41 Å². The lowest BCUT2D eigenvalue weighted by molar-refractivity contribution is -0.118. The molecule has 18 heavy (non-hydrogen) atoms. The SMILES string of the molecule is CC(C)(CBr)CN1C(=O)CCCc2ccccc21. The topological polar surface area (TPSA) is 20.3 Å². The number of benzene rings is 1. The first kappa shape index (κ1) is 13.6. The first-order valence-corrected chi connectivity index (χ1v) is 7.60. The van der Waals surface area contributed by atoms with Crippen molar-refractivity contribution in [2.75, 3.05) is 16.8 Å². The van der Waals surface area contributed by atoms with E-state index >= 15 is 0 Å². The molecule has 0 saturated heterocycles. The van der Waals surface area contributed by atoms with Crippen LogP contribution in [0.2, 0.25) is 0 Å². The van der Waals surface area contributed by atoms with Crippen molar-refractivity contribution in [1.82, 2.24) is 0 Å². The van der Waals surface area contributed by atoms with E-state index in [2.05, 4.69) is 48.0 Å². The van der Waals surface area contributed by atoms with Gasteiger partial charge in [-0.3, -0.25) is 4.79 Å². The van der Waals surface area contributed by atoms with Gasteiger partial charge in [0.05, 0.1) is 0 Å². The van der Waals surface area contributed by atoms with Gasteiger partial charge in [0.15, 0.2) is 0 Å². The highest BCUT2D eigenvalue weighted by molar-refractivity contribution is 9.09. The van der Waals surface area contributed by atoms with Gasteiger partial charge < -0.3 is 4.90 Å². The maximum absolute atomic E-state index is 12.3. The second kappa shape index (κ2) is 5.43. The Morgan fingerprint density at radius 3 is 2.72 bits per heavy atom. The van der Waals surface area contributed by atoms with Crippen LogP contribution in [0.3, 0.4) is 0 Å². The molecule has 1 aromatic rings. The van der Waals surface area contributed by atoms with Crippen LogP contribution in [-0.4, -0.2) is 17.8 Å². The second-order valence-corrected chi connectivity index (χ2v) is 6.32. The highest BCUT2D eigenvalue weighted by atomic mass is 79.9. The van der Waals surface area contributed by atoms with Crippen LogP contribution in [-0.2, 0) is 11.2 Å². The van der Waals surface area contributed by atoms with Gasteiger partial charge in [0.2, 0.25) is 5.91 Å². The Morgan fingerprint density at radius 2 is 2.00 bits per heavy atom. The van der Waals surface area contributed by atoms with Crippen molar-refractivity contribution in [3.05, 3.63) is 29.8 Å². The molecular formula is C15H20BrNO. The summed E-state index contributed by atoms with van der Waals surface area (Å²) in [5, 5.41) is 0.895. The molecule has 1 aromatic carbocycles. The lowest BCUT2D eigenvalue weighted by atomic mass is 9.95. The molecule has 0 fully saturated rings. The number of alkyl halides is 1. The van der Waals surface area contributed by atoms with Crippen molar-refractivity contribution in [2.24, 2.45) is 5.41 Å². The molecule has 98 valence electrons. The molecule has 0 atom stereocenters. The van der Waals surface area contributed by atoms with E-state index in [1.165, 1.54) is 5.56 Å². The van der Waals surface area contributed by atoms with Gasteiger partial charge in [-0.1, -0.05) is 48.0 Å². The van der Waals surface area contributed by atoms with Crippen LogP contribution >= 0.6 is 15.9 Å². The van der Waals surface area contributed by atoms with Crippen molar-refractivity contribution < 1.29 is 4.79 Å². The van der Waals surface area contributed by atoms with E-state index in [0.717, 1.165) is 30.4 Å². The molecule has 1 aliphatic rings. The van der Waals surface area contributed by atoms with Gasteiger partial charge in [0.25, 0.3) is 0 Å². The summed E-state index contributed by atoms with van der Waals surface area (Å²) >= 11 is 3.54. The van der Waals surface area contributed by atoms with E-state index in [1.807, 2.05) is 11.0 Å². The summed E-state index contributed by atoms with van der Waals surface area (Å²) in [5.74, 6) is 0.258. The van der Waals surface area contributed by atoms with Gasteiger partial charge in [-0.05, 0) is 29.9 Å². The molecule has 1 heterocycles. The third kappa shape index (κ3) is 2.94. The minimum atomic E-state index is 0.0904. The Balaban J connectivity index is 2.34. The lowest BCUT2D eigenvalue weighted by Crippen LogP contribution is -2.39. The van der Waals surface area contributed by atoms with Crippen molar-refractivity contribution in [3.8, 4) is 0 Å². The average molecular weight is 310 g/mol. The lowest BCUT2D eigenvalue weighted by Gasteiger charge is -2.31. The Bertz CT molecular complexity index is 442. The number of halogens is 1. The highest BCUT2D eigenvalue weighted by Crippen LogP contribution is 2.30. The number of hydrogen-bond donors (Lipinski definition) is 0. The van der Waals surface area contributed by atoms with Crippen molar-refractivity contribution >= 4 is 27.5 Å². The predicted octanol–water partition coefficient (Wildman–Crippen LogP) is 3.78. The molecule has 0 aromatic heterocycles. The largest absolute Gasteiger partial charge is 0.312 e. The number of carbonyl (C=O) groups is 1. The zero-order valence-electron chi connectivity index (χ0n) is 11.1. The van der Waals surface area contributed by atoms with Gasteiger partial charge in [0, 0.05) is 24.0 Å². The van der Waals surface area contributed by atoms with Crippen molar-refractivity contribution in [2.45, 2.75) is 33.1 Å². The third-order valence-electron chi connectivity index (χ3n) is 3.37. The number of aryl methyl sites for hydroxylation is 1. The van der Waals surface area contributed by atoms with Gasteiger partial charge in [-0.15, -0.1) is 0 Å². The Morgan fingerprint density at radius 1 is 1.28 bits per heavy atom. The number of para-hydroxylation sites is 1. The van der Waals surface area contributed by atoms with E-state index in [9.17, 15) is 4.79 Å². The van der Waals surface area contributed by atoms with Crippen LogP contribution < -0.4 is 4.90 Å². The molecule has 3 heteroatoms. The number of carbonyl (C=O) groups excluding carboxylic acids is 1. The molecule has 0 radical (unpaired) electrons. The van der Waals surface area contributed by atoms with Gasteiger partial charge >= 0.3 is 0 Å². The first-order valence-electron chi connectivity index (χ1n) is 6.48. The van der Waals surface area contributed by atoms with Crippen LogP contribution in [0.4, 0.5) is 5.69 Å². The average Bonchev–Trinajstić information content (AvgIpc) is 2.50. The summed E-state index contributed by atoms with van der Waals surface area (Å²) in [4.78, 5) is 14.3. The number of rotatable bonds is 3. The molecule has 0 saturated carbocycles. The smallest absolute Gasteiger partial charge is 0.227 e. The molecule has 2 rings (SSSR count). The zero-order chi connectivity index (χ0) is 13.2. The van der Waals surface area contributed by atoms with E-state index in [1.54, 1.807) is 0 Å². The fourth-order valence-electron chi connectivity index (χ4n) is 2.33. The van der Waals surface area contributed by atoms with Crippen LogP contribution in [0.25, 0.3) is 0 Å². The molecule has 0 bridgehead atoms. The quantitative estimate of drug-likeness (QED) is 0.778. The van der Waals surface area contributed by atoms with E-state index in [4.69, 9.17) is 0 Å². The number of anilines is 1. The molecule has 0 N–H and O–H groups in total. The van der Waals surface area contributed by atoms with E-state index in [-0.39, 0.29) is 11.3 Å². The second-order valence-electron chi connectivity index (χ2n) is 5.76. The van der Waals surface area contributed by atoms with E-state index in [0.29, 0.717) is 6.42 Å². The minimum Gasteiger partial charge on any atom is -0.312 e. The normalized spacial score (nSPS) is 16.4. The number of amides is 1. The summed E-state index contributed by atoms with van der Waals surface area (Å²) in [6.07, 6.45) is 2.63. The predicted molar refractivity (Wildman–Crippen MR) is 79.3 cm³/mol. The standard InChI is InChI=1S/C15H20BrNO/c1-15(2,10-16)11-17-13-8-4-3-6-12(13)7-5-9-14(17)18/h3-4,6,8H,5,7,9-11H2,1-2H3. The molecule has 0 spiro atoms. The molecule has 1 amide bonds. The van der Waals surface area contributed by atoms with Crippen LogP contribution in [0.5, 0.6) is 0 Å². The molecule has 1 aliphatic heterocycles. The van der Waals surface area contributed by atoms with Crippen molar-refractivity contribution in [3.63, 3.8) is 0 Å². The summed E-state index contributed by atoms with van der Waals surface area (Å²) < 4.78 is 0. The number of hydrogen-bond acceptors (Lipinski definition) is 1. The van der Waals surface area contributed by atoms with Gasteiger partial charge in [0.1, 0.15) is 0 Å². The van der Waals surface area contributed by atoms with Gasteiger partial charge in [-0.25, -0.2) is 0 Å². The first-order chi connectivity index (χ1) is 8.53. The maximum Gasteiger partial charge on any atom is 0.227 e. The third-order valence-corrected chi connectivity index (χ3v) is 4.89. The minimum absolute atomic E-state index is 0.0904. The number of nitrogens with zero attached hydrogens (tertiary/aromatic N) is 1. The molecule has 2 nitrogen and oxygen atoms in total. The van der Waals surface area contributed by atoms with Crippen LogP contribution in [0.1, 0.15) is 32.3 Å². The molecular weight excluding hydrogens is 290 g/mol. The van der Waals surface area contributed by atoms with Crippen molar-refractivity contribution in [1.29, 1.82) is 0 Å². The number of fused-ring (bicyclic) bond motifs is 1. The fraction of sp³-hybridized carbons (Fsp3) is 0.533. The Kier molecular flexibility index (Phi) is 4.10. The van der Waals surface area contributed by atoms with Crippen LogP contribution in [0.15, 0.2) is 24.3 Å². The summed E-state index contributed by atoms with van der Waals surface area (Å²) in [6.45, 7) is 5.14. The van der Waals surface area contributed by atoms with Gasteiger partial charge in [-0.2, -0.15) is 0 Å². The highest BCUT2D eigenvalue weighted by Gasteiger charge is 2.27. The summed E-state index contributed by atoms with van der Waals surface area (Å²) in [5.41, 5.74) is 2.50. The molecule has 0 unspecified atom stereocenters. The summed E-state index contributed by atoms with van der Waals surface area (Å²) in [6, 6.07) is 8.29. The fourth-order valence-corrected chi connectivity index (χ4v) is 2.51. The summed E-state index contributed by atoms with van der Waals surface area (Å²) in [7, 11) is 0. The monoisotopic (exact) mass is 309 g/mol. The zero-order valence-corrected chi connectivity index (χ0v) is 12.7. The Labute approximate surface area is 117 Å². The molecule has 0 aliphatic carbocycles. The Hall–Kier alpha value is -0.830.